The highest BCUT2D eigenvalue weighted by Crippen LogP contribution is 2.19. The summed E-state index contributed by atoms with van der Waals surface area (Å²) in [5.41, 5.74) is 0.0122. The minimum Gasteiger partial charge on any atom is -0.290 e. The van der Waals surface area contributed by atoms with E-state index in [4.69, 9.17) is 0 Å². The topological polar surface area (TPSA) is 34.9 Å². The van der Waals surface area contributed by atoms with Crippen LogP contribution in [0.4, 0.5) is 0 Å². The van der Waals surface area contributed by atoms with Crippen molar-refractivity contribution in [1.29, 1.82) is 0 Å². The monoisotopic (exact) mass is 250 g/mol. The zero-order valence-corrected chi connectivity index (χ0v) is 10.6. The first-order chi connectivity index (χ1) is 7.74. The Hall–Kier alpha value is -1.25. The summed E-state index contributed by atoms with van der Waals surface area (Å²) in [5, 5.41) is 3.31. The van der Waals surface area contributed by atoms with Crippen molar-refractivity contribution >= 4 is 33.3 Å². The number of fused-ring (bicyclic) bond motifs is 1. The molecule has 0 N–H and O–H groups in total. The minimum absolute atomic E-state index is 0.0122. The largest absolute Gasteiger partial charge is 0.290 e. The van der Waals surface area contributed by atoms with Crippen LogP contribution in [0.25, 0.3) is 10.2 Å². The predicted molar refractivity (Wildman–Crippen MR) is 69.0 cm³/mol. The third-order valence-corrected chi connectivity index (χ3v) is 3.83. The lowest BCUT2D eigenvalue weighted by Gasteiger charge is -2.04. The second-order valence-electron chi connectivity index (χ2n) is 3.11. The molecule has 16 heavy (non-hydrogen) atoms. The van der Waals surface area contributed by atoms with E-state index in [0.29, 0.717) is 11.1 Å². The lowest BCUT2D eigenvalue weighted by Crippen LogP contribution is -2.19. The molecule has 0 radical (unpaired) electrons. The molecule has 2 aromatic rings. The molecule has 0 spiro atoms. The molecule has 0 aliphatic carbocycles. The van der Waals surface area contributed by atoms with Crippen molar-refractivity contribution in [3.63, 3.8) is 0 Å². The first-order valence-electron chi connectivity index (χ1n) is 4.70. The number of thiophene rings is 1. The number of thioether (sulfide) groups is 1. The van der Waals surface area contributed by atoms with Crippen LogP contribution in [0, 0.1) is 11.8 Å². The van der Waals surface area contributed by atoms with Gasteiger partial charge < -0.3 is 0 Å². The number of aromatic nitrogens is 2. The molecule has 2 heterocycles. The molecule has 3 nitrogen and oxygen atoms in total. The van der Waals surface area contributed by atoms with Gasteiger partial charge in [0.15, 0.2) is 5.16 Å². The van der Waals surface area contributed by atoms with Gasteiger partial charge in [0.25, 0.3) is 5.56 Å². The maximum Gasteiger partial charge on any atom is 0.262 e. The van der Waals surface area contributed by atoms with Gasteiger partial charge in [-0.3, -0.25) is 9.36 Å². The number of hydrogen-bond donors (Lipinski definition) is 0. The van der Waals surface area contributed by atoms with Crippen LogP contribution in [0.3, 0.4) is 0 Å². The van der Waals surface area contributed by atoms with E-state index in [9.17, 15) is 4.79 Å². The maximum atomic E-state index is 11.9. The van der Waals surface area contributed by atoms with Gasteiger partial charge in [0, 0.05) is 7.05 Å². The molecular weight excluding hydrogens is 240 g/mol. The van der Waals surface area contributed by atoms with E-state index in [-0.39, 0.29) is 5.56 Å². The first-order valence-corrected chi connectivity index (χ1v) is 6.57. The number of hydrogen-bond acceptors (Lipinski definition) is 4. The molecule has 0 fully saturated rings. The van der Waals surface area contributed by atoms with Gasteiger partial charge in [-0.05, 0) is 18.4 Å². The summed E-state index contributed by atoms with van der Waals surface area (Å²) in [4.78, 5) is 17.2. The highest BCUT2D eigenvalue weighted by molar-refractivity contribution is 7.99. The van der Waals surface area contributed by atoms with Gasteiger partial charge in [-0.1, -0.05) is 17.7 Å². The first kappa shape index (κ1) is 11.2. The normalized spacial score (nSPS) is 10.1. The molecule has 2 rings (SSSR count). The maximum absolute atomic E-state index is 11.9. The number of rotatable bonds is 2. The molecule has 5 heteroatoms. The Kier molecular flexibility index (Phi) is 3.32. The van der Waals surface area contributed by atoms with E-state index < -0.39 is 0 Å². The van der Waals surface area contributed by atoms with Crippen LogP contribution in [0.5, 0.6) is 0 Å². The van der Waals surface area contributed by atoms with E-state index in [2.05, 4.69) is 16.8 Å². The zero-order valence-electron chi connectivity index (χ0n) is 8.98. The predicted octanol–water partition coefficient (Wildman–Crippen LogP) is 2.11. The summed E-state index contributed by atoms with van der Waals surface area (Å²) in [6, 6.07) is 1.82. The Balaban J connectivity index is 2.47. The molecular formula is C11H10N2OS2. The van der Waals surface area contributed by atoms with Gasteiger partial charge in [0.05, 0.1) is 11.1 Å². The molecule has 0 bridgehead atoms. The molecule has 0 aromatic carbocycles. The lowest BCUT2D eigenvalue weighted by molar-refractivity contribution is 0.729. The molecule has 0 aliphatic rings. The SMILES string of the molecule is CC#CCSc1nc2sccc2c(=O)n1C. The Morgan fingerprint density at radius 3 is 3.19 bits per heavy atom. The van der Waals surface area contributed by atoms with Gasteiger partial charge in [0.2, 0.25) is 0 Å². The quantitative estimate of drug-likeness (QED) is 0.465. The molecule has 0 unspecified atom stereocenters. The highest BCUT2D eigenvalue weighted by Gasteiger charge is 2.08. The summed E-state index contributed by atoms with van der Waals surface area (Å²) >= 11 is 2.98. The van der Waals surface area contributed by atoms with Crippen molar-refractivity contribution in [3.8, 4) is 11.8 Å². The van der Waals surface area contributed by atoms with Crippen LogP contribution in [-0.4, -0.2) is 15.3 Å². The Labute approximate surface area is 102 Å². The molecule has 0 saturated heterocycles. The minimum atomic E-state index is 0.0122. The smallest absolute Gasteiger partial charge is 0.262 e. The second kappa shape index (κ2) is 4.73. The summed E-state index contributed by atoms with van der Waals surface area (Å²) in [5.74, 6) is 6.43. The van der Waals surface area contributed by atoms with Gasteiger partial charge >= 0.3 is 0 Å². The van der Waals surface area contributed by atoms with E-state index in [1.807, 2.05) is 11.4 Å². The van der Waals surface area contributed by atoms with E-state index in [0.717, 1.165) is 9.99 Å². The van der Waals surface area contributed by atoms with Crippen LogP contribution in [0.1, 0.15) is 6.92 Å². The molecule has 0 atom stereocenters. The van der Waals surface area contributed by atoms with Crippen LogP contribution in [0.2, 0.25) is 0 Å². The Bertz CT molecular complexity index is 631. The summed E-state index contributed by atoms with van der Waals surface area (Å²) in [6.07, 6.45) is 0. The summed E-state index contributed by atoms with van der Waals surface area (Å²) in [6.45, 7) is 1.80. The van der Waals surface area contributed by atoms with Crippen molar-refractivity contribution in [2.24, 2.45) is 7.05 Å². The van der Waals surface area contributed by atoms with Crippen molar-refractivity contribution in [2.45, 2.75) is 12.1 Å². The molecule has 82 valence electrons. The van der Waals surface area contributed by atoms with Crippen LogP contribution in [0.15, 0.2) is 21.4 Å². The van der Waals surface area contributed by atoms with Crippen LogP contribution in [-0.2, 0) is 7.05 Å². The van der Waals surface area contributed by atoms with Gasteiger partial charge in [-0.25, -0.2) is 4.98 Å². The van der Waals surface area contributed by atoms with Gasteiger partial charge in [-0.15, -0.1) is 17.3 Å². The van der Waals surface area contributed by atoms with Crippen LogP contribution < -0.4 is 5.56 Å². The average Bonchev–Trinajstić information content (AvgIpc) is 2.73. The molecule has 0 amide bonds. The summed E-state index contributed by atoms with van der Waals surface area (Å²) in [7, 11) is 1.74. The Morgan fingerprint density at radius 1 is 1.62 bits per heavy atom. The van der Waals surface area contributed by atoms with Crippen molar-refractivity contribution in [3.05, 3.63) is 21.8 Å². The van der Waals surface area contributed by atoms with Crippen molar-refractivity contribution < 1.29 is 0 Å². The van der Waals surface area contributed by atoms with E-state index in [1.165, 1.54) is 23.1 Å². The fraction of sp³-hybridized carbons (Fsp3) is 0.273. The molecule has 2 aromatic heterocycles. The Morgan fingerprint density at radius 2 is 2.44 bits per heavy atom. The third kappa shape index (κ3) is 1.99. The third-order valence-electron chi connectivity index (χ3n) is 2.11. The van der Waals surface area contributed by atoms with Crippen LogP contribution >= 0.6 is 23.1 Å². The number of nitrogens with zero attached hydrogens (tertiary/aromatic N) is 2. The zero-order chi connectivity index (χ0) is 11.5. The van der Waals surface area contributed by atoms with E-state index in [1.54, 1.807) is 18.5 Å². The fourth-order valence-electron chi connectivity index (χ4n) is 1.28. The lowest BCUT2D eigenvalue weighted by atomic mass is 10.4. The molecule has 0 aliphatic heterocycles. The summed E-state index contributed by atoms with van der Waals surface area (Å²) < 4.78 is 1.58. The van der Waals surface area contributed by atoms with Gasteiger partial charge in [0.1, 0.15) is 4.83 Å². The average molecular weight is 250 g/mol. The fourth-order valence-corrected chi connectivity index (χ4v) is 2.87. The standard InChI is InChI=1S/C11H10N2OS2/c1-3-4-6-16-11-12-9-8(5-7-15-9)10(14)13(11)2/h5,7H,6H2,1-2H3. The second-order valence-corrected chi connectivity index (χ2v) is 4.95. The van der Waals surface area contributed by atoms with Crippen molar-refractivity contribution in [2.75, 3.05) is 5.75 Å². The highest BCUT2D eigenvalue weighted by atomic mass is 32.2. The van der Waals surface area contributed by atoms with E-state index >= 15 is 0 Å². The molecule has 0 saturated carbocycles. The van der Waals surface area contributed by atoms with Gasteiger partial charge in [-0.2, -0.15) is 0 Å². The van der Waals surface area contributed by atoms with Crippen molar-refractivity contribution in [1.82, 2.24) is 9.55 Å².